The molecule has 0 radical (unpaired) electrons. The van der Waals surface area contributed by atoms with E-state index >= 15 is 0 Å². The number of hydrogen-bond donors (Lipinski definition) is 1. The van der Waals surface area contributed by atoms with Crippen molar-refractivity contribution in [2.45, 2.75) is 25.4 Å². The third kappa shape index (κ3) is 2.90. The largest absolute Gasteiger partial charge is 0.316 e. The van der Waals surface area contributed by atoms with Crippen molar-refractivity contribution in [2.24, 2.45) is 0 Å². The lowest BCUT2D eigenvalue weighted by molar-refractivity contribution is 0.188. The summed E-state index contributed by atoms with van der Waals surface area (Å²) in [5.41, 5.74) is 1.16. The van der Waals surface area contributed by atoms with Crippen molar-refractivity contribution < 1.29 is 0 Å². The third-order valence-corrected chi connectivity index (χ3v) is 4.98. The summed E-state index contributed by atoms with van der Waals surface area (Å²) in [5, 5.41) is 6.14. The van der Waals surface area contributed by atoms with E-state index in [2.05, 4.69) is 15.6 Å². The van der Waals surface area contributed by atoms with E-state index in [0.29, 0.717) is 10.4 Å². The summed E-state index contributed by atoms with van der Waals surface area (Å²) in [6, 6.07) is 0.613. The second-order valence-corrected chi connectivity index (χ2v) is 6.07. The maximum atomic E-state index is 6.13. The van der Waals surface area contributed by atoms with E-state index in [-0.39, 0.29) is 0 Å². The van der Waals surface area contributed by atoms with Crippen molar-refractivity contribution in [3.8, 4) is 0 Å². The van der Waals surface area contributed by atoms with Crippen molar-refractivity contribution in [2.75, 3.05) is 20.1 Å². The molecule has 1 aromatic heterocycles. The lowest BCUT2D eigenvalue weighted by Crippen LogP contribution is -2.43. The molecule has 1 unspecified atom stereocenters. The molecule has 1 fully saturated rings. The van der Waals surface area contributed by atoms with E-state index in [1.807, 2.05) is 7.05 Å². The first-order chi connectivity index (χ1) is 7.70. The molecule has 0 bridgehead atoms. The van der Waals surface area contributed by atoms with Crippen LogP contribution in [0.15, 0.2) is 5.38 Å². The summed E-state index contributed by atoms with van der Waals surface area (Å²) in [6.45, 7) is 3.17. The highest BCUT2D eigenvalue weighted by atomic mass is 35.5. The minimum atomic E-state index is 0.613. The van der Waals surface area contributed by atoms with Crippen LogP contribution in [0, 0.1) is 0 Å². The van der Waals surface area contributed by atoms with Gasteiger partial charge in [0.1, 0.15) is 4.34 Å². The van der Waals surface area contributed by atoms with E-state index in [0.717, 1.165) is 30.2 Å². The first kappa shape index (κ1) is 12.7. The Kier molecular flexibility index (Phi) is 4.50. The minimum absolute atomic E-state index is 0.613. The highest BCUT2D eigenvalue weighted by Crippen LogP contribution is 2.33. The molecule has 90 valence electrons. The number of piperidine rings is 1. The zero-order chi connectivity index (χ0) is 11.5. The van der Waals surface area contributed by atoms with Crippen LogP contribution in [0.5, 0.6) is 0 Å². The molecule has 0 spiro atoms. The molecular formula is C11H16Cl2N2S. The van der Waals surface area contributed by atoms with E-state index in [9.17, 15) is 0 Å². The highest BCUT2D eigenvalue weighted by molar-refractivity contribution is 7.15. The molecule has 1 N–H and O–H groups in total. The van der Waals surface area contributed by atoms with Crippen LogP contribution in [0.1, 0.15) is 18.4 Å². The molecule has 0 amide bonds. The summed E-state index contributed by atoms with van der Waals surface area (Å²) < 4.78 is 0.707. The van der Waals surface area contributed by atoms with Gasteiger partial charge >= 0.3 is 0 Å². The Morgan fingerprint density at radius 2 is 2.38 bits per heavy atom. The highest BCUT2D eigenvalue weighted by Gasteiger charge is 2.19. The number of nitrogens with zero attached hydrogens (tertiary/aromatic N) is 1. The van der Waals surface area contributed by atoms with Crippen molar-refractivity contribution in [3.05, 3.63) is 20.3 Å². The number of likely N-dealkylation sites (N-methyl/N-ethyl adjacent to an activating group) is 1. The monoisotopic (exact) mass is 278 g/mol. The maximum absolute atomic E-state index is 6.13. The lowest BCUT2D eigenvalue weighted by Gasteiger charge is -2.32. The first-order valence-electron chi connectivity index (χ1n) is 5.51. The third-order valence-electron chi connectivity index (χ3n) is 3.07. The van der Waals surface area contributed by atoms with Gasteiger partial charge in [0, 0.05) is 19.1 Å². The number of likely N-dealkylation sites (tertiary alicyclic amines) is 1. The van der Waals surface area contributed by atoms with Gasteiger partial charge < -0.3 is 5.32 Å². The van der Waals surface area contributed by atoms with Gasteiger partial charge in [0.15, 0.2) is 0 Å². The fourth-order valence-corrected chi connectivity index (χ4v) is 3.38. The predicted octanol–water partition coefficient (Wildman–Crippen LogP) is 3.24. The molecule has 5 heteroatoms. The lowest BCUT2D eigenvalue weighted by atomic mass is 10.1. The Balaban J connectivity index is 1.96. The average Bonchev–Trinajstić information content (AvgIpc) is 2.61. The molecule has 2 heterocycles. The molecule has 1 saturated heterocycles. The van der Waals surface area contributed by atoms with Gasteiger partial charge in [0.25, 0.3) is 0 Å². The topological polar surface area (TPSA) is 15.3 Å². The second kappa shape index (κ2) is 5.69. The van der Waals surface area contributed by atoms with Crippen LogP contribution in [0.2, 0.25) is 9.36 Å². The van der Waals surface area contributed by atoms with Crippen molar-refractivity contribution >= 4 is 34.5 Å². The minimum Gasteiger partial charge on any atom is -0.316 e. The zero-order valence-electron chi connectivity index (χ0n) is 9.30. The average molecular weight is 279 g/mol. The number of rotatable bonds is 3. The fraction of sp³-hybridized carbons (Fsp3) is 0.636. The van der Waals surface area contributed by atoms with Gasteiger partial charge in [-0.25, -0.2) is 0 Å². The molecule has 2 nitrogen and oxygen atoms in total. The summed E-state index contributed by atoms with van der Waals surface area (Å²) in [7, 11) is 2.03. The molecule has 0 aromatic carbocycles. The van der Waals surface area contributed by atoms with E-state index in [4.69, 9.17) is 23.2 Å². The van der Waals surface area contributed by atoms with E-state index in [1.165, 1.54) is 24.2 Å². The van der Waals surface area contributed by atoms with E-state index in [1.54, 1.807) is 0 Å². The van der Waals surface area contributed by atoms with Crippen LogP contribution in [0.25, 0.3) is 0 Å². The standard InChI is InChI=1S/C11H16Cl2N2S/c1-14-9-3-2-4-15(6-9)5-8-7-16-11(13)10(8)12/h7,9,14H,2-6H2,1H3. The number of hydrogen-bond acceptors (Lipinski definition) is 3. The molecule has 0 aliphatic carbocycles. The quantitative estimate of drug-likeness (QED) is 0.913. The Morgan fingerprint density at radius 3 is 3.00 bits per heavy atom. The van der Waals surface area contributed by atoms with Gasteiger partial charge in [0.05, 0.1) is 5.02 Å². The molecule has 1 aliphatic rings. The van der Waals surface area contributed by atoms with Crippen LogP contribution in [-0.2, 0) is 6.54 Å². The second-order valence-electron chi connectivity index (χ2n) is 4.21. The van der Waals surface area contributed by atoms with Gasteiger partial charge in [0.2, 0.25) is 0 Å². The molecule has 2 rings (SSSR count). The first-order valence-corrected chi connectivity index (χ1v) is 7.15. The van der Waals surface area contributed by atoms with Crippen LogP contribution in [0.3, 0.4) is 0 Å². The van der Waals surface area contributed by atoms with Crippen LogP contribution < -0.4 is 5.32 Å². The Labute approximate surface area is 111 Å². The molecule has 0 saturated carbocycles. The van der Waals surface area contributed by atoms with Gasteiger partial charge in [-0.15, -0.1) is 11.3 Å². The molecule has 1 atom stereocenters. The predicted molar refractivity (Wildman–Crippen MR) is 71.7 cm³/mol. The molecule has 16 heavy (non-hydrogen) atoms. The van der Waals surface area contributed by atoms with E-state index < -0.39 is 0 Å². The zero-order valence-corrected chi connectivity index (χ0v) is 11.6. The number of halogens is 2. The van der Waals surface area contributed by atoms with Gasteiger partial charge in [-0.05, 0) is 37.4 Å². The Bertz CT molecular complexity index is 354. The number of nitrogens with one attached hydrogen (secondary N) is 1. The summed E-state index contributed by atoms with van der Waals surface area (Å²) in [5.74, 6) is 0. The van der Waals surface area contributed by atoms with Crippen LogP contribution in [0.4, 0.5) is 0 Å². The Hall–Kier alpha value is 0.200. The molecular weight excluding hydrogens is 263 g/mol. The summed E-state index contributed by atoms with van der Waals surface area (Å²) in [4.78, 5) is 2.44. The normalized spacial score (nSPS) is 22.6. The van der Waals surface area contributed by atoms with Crippen LogP contribution in [-0.4, -0.2) is 31.1 Å². The molecule has 1 aliphatic heterocycles. The summed E-state index contributed by atoms with van der Waals surface area (Å²) >= 11 is 13.6. The van der Waals surface area contributed by atoms with Crippen molar-refractivity contribution in [3.63, 3.8) is 0 Å². The SMILES string of the molecule is CNC1CCCN(Cc2csc(Cl)c2Cl)C1. The van der Waals surface area contributed by atoms with Crippen molar-refractivity contribution in [1.29, 1.82) is 0 Å². The van der Waals surface area contributed by atoms with Gasteiger partial charge in [-0.2, -0.15) is 0 Å². The summed E-state index contributed by atoms with van der Waals surface area (Å²) in [6.07, 6.45) is 2.52. The van der Waals surface area contributed by atoms with Gasteiger partial charge in [-0.3, -0.25) is 4.90 Å². The maximum Gasteiger partial charge on any atom is 0.112 e. The fourth-order valence-electron chi connectivity index (χ4n) is 2.13. The molecule has 1 aromatic rings. The number of thiophene rings is 1. The Morgan fingerprint density at radius 1 is 1.56 bits per heavy atom. The van der Waals surface area contributed by atoms with Crippen molar-refractivity contribution in [1.82, 2.24) is 10.2 Å². The van der Waals surface area contributed by atoms with Crippen LogP contribution >= 0.6 is 34.5 Å². The van der Waals surface area contributed by atoms with Gasteiger partial charge in [-0.1, -0.05) is 23.2 Å². The smallest absolute Gasteiger partial charge is 0.112 e.